The fraction of sp³-hybridized carbons (Fsp3) is 0.474. The highest BCUT2D eigenvalue weighted by molar-refractivity contribution is 5.90. The van der Waals surface area contributed by atoms with Crippen LogP contribution < -0.4 is 0 Å². The first-order valence-electron chi connectivity index (χ1n) is 8.30. The van der Waals surface area contributed by atoms with E-state index >= 15 is 0 Å². The Bertz CT molecular complexity index is 554. The van der Waals surface area contributed by atoms with Gasteiger partial charge in [-0.15, -0.1) is 0 Å². The van der Waals surface area contributed by atoms with Crippen LogP contribution in [-0.4, -0.2) is 36.0 Å². The Morgan fingerprint density at radius 3 is 2.30 bits per heavy atom. The molecular formula is C19H25NO3. The molecule has 0 radical (unpaired) electrons. The van der Waals surface area contributed by atoms with Gasteiger partial charge in [0.05, 0.1) is 0 Å². The van der Waals surface area contributed by atoms with Gasteiger partial charge in [-0.3, -0.25) is 4.79 Å². The minimum absolute atomic E-state index is 0.0935. The molecule has 4 nitrogen and oxygen atoms in total. The third-order valence-electron chi connectivity index (χ3n) is 4.05. The van der Waals surface area contributed by atoms with Crippen molar-refractivity contribution >= 4 is 18.0 Å². The molecule has 1 amide bonds. The van der Waals surface area contributed by atoms with E-state index in [0.717, 1.165) is 44.3 Å². The van der Waals surface area contributed by atoms with E-state index in [0.29, 0.717) is 0 Å². The van der Waals surface area contributed by atoms with Crippen LogP contribution in [0.2, 0.25) is 0 Å². The predicted molar refractivity (Wildman–Crippen MR) is 90.8 cm³/mol. The van der Waals surface area contributed by atoms with Crippen LogP contribution in [-0.2, 0) is 14.3 Å². The van der Waals surface area contributed by atoms with Crippen molar-refractivity contribution in [2.75, 3.05) is 13.1 Å². The van der Waals surface area contributed by atoms with E-state index in [-0.39, 0.29) is 5.91 Å². The Morgan fingerprint density at radius 2 is 1.70 bits per heavy atom. The van der Waals surface area contributed by atoms with Crippen LogP contribution in [0.4, 0.5) is 0 Å². The van der Waals surface area contributed by atoms with Gasteiger partial charge in [0.1, 0.15) is 0 Å². The molecular weight excluding hydrogens is 290 g/mol. The summed E-state index contributed by atoms with van der Waals surface area (Å²) in [5.74, 6) is -0.578. The molecule has 1 atom stereocenters. The number of esters is 1. The van der Waals surface area contributed by atoms with Crippen molar-refractivity contribution in [3.8, 4) is 0 Å². The summed E-state index contributed by atoms with van der Waals surface area (Å²) in [6, 6.07) is 7.84. The molecule has 0 spiro atoms. The maximum atomic E-state index is 12.3. The first kappa shape index (κ1) is 17.3. The lowest BCUT2D eigenvalue weighted by Gasteiger charge is -2.23. The zero-order valence-electron chi connectivity index (χ0n) is 14.0. The first-order valence-corrected chi connectivity index (χ1v) is 8.30. The molecule has 23 heavy (non-hydrogen) atoms. The number of nitrogens with zero attached hydrogens (tertiary/aromatic N) is 1. The van der Waals surface area contributed by atoms with Gasteiger partial charge in [0.2, 0.25) is 0 Å². The number of likely N-dealkylation sites (tertiary alicyclic amines) is 1. The minimum Gasteiger partial charge on any atom is -0.449 e. The second-order valence-corrected chi connectivity index (χ2v) is 6.06. The maximum Gasteiger partial charge on any atom is 0.331 e. The molecule has 2 rings (SSSR count). The average Bonchev–Trinajstić information content (AvgIpc) is 2.82. The number of hydrogen-bond acceptors (Lipinski definition) is 3. The lowest BCUT2D eigenvalue weighted by atomic mass is 10.1. The third kappa shape index (κ3) is 5.55. The van der Waals surface area contributed by atoms with Gasteiger partial charge < -0.3 is 9.64 Å². The first-order chi connectivity index (χ1) is 11.1. The van der Waals surface area contributed by atoms with Crippen LogP contribution in [0.5, 0.6) is 0 Å². The zero-order chi connectivity index (χ0) is 16.7. The summed E-state index contributed by atoms with van der Waals surface area (Å²) in [5, 5.41) is 0. The number of aryl methyl sites for hydroxylation is 1. The van der Waals surface area contributed by atoms with Crippen molar-refractivity contribution in [2.45, 2.75) is 45.6 Å². The highest BCUT2D eigenvalue weighted by atomic mass is 16.5. The van der Waals surface area contributed by atoms with Crippen molar-refractivity contribution in [1.29, 1.82) is 0 Å². The molecule has 1 unspecified atom stereocenters. The quantitative estimate of drug-likeness (QED) is 0.632. The average molecular weight is 315 g/mol. The van der Waals surface area contributed by atoms with Gasteiger partial charge in [0.15, 0.2) is 6.10 Å². The van der Waals surface area contributed by atoms with Gasteiger partial charge in [0.25, 0.3) is 5.91 Å². The molecule has 1 aromatic carbocycles. The lowest BCUT2D eigenvalue weighted by Crippen LogP contribution is -2.40. The van der Waals surface area contributed by atoms with E-state index in [2.05, 4.69) is 0 Å². The summed E-state index contributed by atoms with van der Waals surface area (Å²) in [4.78, 5) is 26.0. The van der Waals surface area contributed by atoms with Crippen molar-refractivity contribution < 1.29 is 14.3 Å². The Labute approximate surface area is 138 Å². The van der Waals surface area contributed by atoms with Crippen molar-refractivity contribution in [3.63, 3.8) is 0 Å². The molecule has 1 aliphatic heterocycles. The summed E-state index contributed by atoms with van der Waals surface area (Å²) in [6.07, 6.45) is 6.72. The molecule has 1 aromatic rings. The number of hydrogen-bond donors (Lipinski definition) is 0. The second-order valence-electron chi connectivity index (χ2n) is 6.06. The van der Waals surface area contributed by atoms with E-state index in [4.69, 9.17) is 4.74 Å². The summed E-state index contributed by atoms with van der Waals surface area (Å²) in [5.41, 5.74) is 2.10. The van der Waals surface area contributed by atoms with Crippen LogP contribution in [0.15, 0.2) is 30.3 Å². The lowest BCUT2D eigenvalue weighted by molar-refractivity contribution is -0.155. The minimum atomic E-state index is -0.733. The molecule has 0 aliphatic carbocycles. The second kappa shape index (κ2) is 8.51. The van der Waals surface area contributed by atoms with Gasteiger partial charge in [-0.25, -0.2) is 4.79 Å². The van der Waals surface area contributed by atoms with Gasteiger partial charge >= 0.3 is 5.97 Å². The van der Waals surface area contributed by atoms with Crippen LogP contribution in [0.3, 0.4) is 0 Å². The number of amides is 1. The number of carbonyl (C=O) groups is 2. The summed E-state index contributed by atoms with van der Waals surface area (Å²) in [6.45, 7) is 5.18. The van der Waals surface area contributed by atoms with E-state index in [1.807, 2.05) is 36.1 Å². The third-order valence-corrected chi connectivity index (χ3v) is 4.05. The zero-order valence-corrected chi connectivity index (χ0v) is 14.0. The Morgan fingerprint density at radius 1 is 1.09 bits per heavy atom. The SMILES string of the molecule is Cc1ccc(/C=C/C(=O)OC(C)C(=O)N2CCCCCC2)cc1. The molecule has 0 saturated carbocycles. The molecule has 124 valence electrons. The monoisotopic (exact) mass is 315 g/mol. The number of rotatable bonds is 4. The molecule has 1 fully saturated rings. The molecule has 0 N–H and O–H groups in total. The van der Waals surface area contributed by atoms with E-state index < -0.39 is 12.1 Å². The fourth-order valence-electron chi connectivity index (χ4n) is 2.65. The fourth-order valence-corrected chi connectivity index (χ4v) is 2.65. The smallest absolute Gasteiger partial charge is 0.331 e. The Kier molecular flexibility index (Phi) is 6.39. The molecule has 1 aliphatic rings. The summed E-state index contributed by atoms with van der Waals surface area (Å²) < 4.78 is 5.23. The summed E-state index contributed by atoms with van der Waals surface area (Å²) in [7, 11) is 0. The standard InChI is InChI=1S/C19H25NO3/c1-15-7-9-17(10-8-15)11-12-18(21)23-16(2)19(22)20-13-5-3-4-6-14-20/h7-12,16H,3-6,13-14H2,1-2H3/b12-11+. The molecule has 0 bridgehead atoms. The van der Waals surface area contributed by atoms with Crippen molar-refractivity contribution in [1.82, 2.24) is 4.90 Å². The molecule has 0 aromatic heterocycles. The predicted octanol–water partition coefficient (Wildman–Crippen LogP) is 3.34. The normalized spacial score (nSPS) is 16.9. The highest BCUT2D eigenvalue weighted by Gasteiger charge is 2.23. The van der Waals surface area contributed by atoms with Gasteiger partial charge in [-0.05, 0) is 38.3 Å². The molecule has 1 heterocycles. The Hall–Kier alpha value is -2.10. The van der Waals surface area contributed by atoms with Crippen molar-refractivity contribution in [2.24, 2.45) is 0 Å². The van der Waals surface area contributed by atoms with E-state index in [1.165, 1.54) is 11.6 Å². The highest BCUT2D eigenvalue weighted by Crippen LogP contribution is 2.12. The summed E-state index contributed by atoms with van der Waals surface area (Å²) >= 11 is 0. The van der Waals surface area contributed by atoms with Crippen LogP contribution in [0.25, 0.3) is 6.08 Å². The molecule has 1 saturated heterocycles. The van der Waals surface area contributed by atoms with Crippen molar-refractivity contribution in [3.05, 3.63) is 41.5 Å². The number of carbonyl (C=O) groups excluding carboxylic acids is 2. The van der Waals surface area contributed by atoms with Crippen LogP contribution in [0.1, 0.15) is 43.7 Å². The maximum absolute atomic E-state index is 12.3. The van der Waals surface area contributed by atoms with Crippen LogP contribution >= 0.6 is 0 Å². The Balaban J connectivity index is 1.85. The number of ether oxygens (including phenoxy) is 1. The molecule has 4 heteroatoms. The van der Waals surface area contributed by atoms with Crippen LogP contribution in [0, 0.1) is 6.92 Å². The topological polar surface area (TPSA) is 46.6 Å². The van der Waals surface area contributed by atoms with E-state index in [1.54, 1.807) is 13.0 Å². The van der Waals surface area contributed by atoms with Gasteiger partial charge in [0, 0.05) is 19.2 Å². The number of benzene rings is 1. The largest absolute Gasteiger partial charge is 0.449 e. The van der Waals surface area contributed by atoms with Gasteiger partial charge in [-0.2, -0.15) is 0 Å². The van der Waals surface area contributed by atoms with Gasteiger partial charge in [-0.1, -0.05) is 42.7 Å². The van der Waals surface area contributed by atoms with E-state index in [9.17, 15) is 9.59 Å².